The Balaban J connectivity index is 1.49. The van der Waals surface area contributed by atoms with E-state index < -0.39 is 0 Å². The Morgan fingerprint density at radius 1 is 0.971 bits per heavy atom. The van der Waals surface area contributed by atoms with E-state index in [2.05, 4.69) is 22.4 Å². The molecule has 7 nitrogen and oxygen atoms in total. The highest BCUT2D eigenvalue weighted by molar-refractivity contribution is 6.05. The highest BCUT2D eigenvalue weighted by atomic mass is 16.5. The van der Waals surface area contributed by atoms with Crippen molar-refractivity contribution in [1.29, 1.82) is 0 Å². The van der Waals surface area contributed by atoms with Crippen LogP contribution in [0.5, 0.6) is 11.5 Å². The Morgan fingerprint density at radius 3 is 2.44 bits per heavy atom. The van der Waals surface area contributed by atoms with E-state index >= 15 is 0 Å². The first-order chi connectivity index (χ1) is 16.6. The number of aromatic nitrogens is 2. The van der Waals surface area contributed by atoms with Crippen molar-refractivity contribution < 1.29 is 18.7 Å². The van der Waals surface area contributed by atoms with Gasteiger partial charge in [-0.3, -0.25) is 4.79 Å². The summed E-state index contributed by atoms with van der Waals surface area (Å²) in [4.78, 5) is 12.9. The van der Waals surface area contributed by atoms with Crippen molar-refractivity contribution in [3.05, 3.63) is 77.9 Å². The van der Waals surface area contributed by atoms with Crippen LogP contribution in [0.15, 0.2) is 71.1 Å². The van der Waals surface area contributed by atoms with Crippen LogP contribution in [0.2, 0.25) is 0 Å². The Bertz CT molecular complexity index is 1270. The molecule has 0 spiro atoms. The summed E-state index contributed by atoms with van der Waals surface area (Å²) in [6.07, 6.45) is 1.96. The van der Waals surface area contributed by atoms with Crippen LogP contribution in [0.3, 0.4) is 0 Å². The number of methoxy groups -OCH3 is 1. The topological polar surface area (TPSA) is 86.5 Å². The standard InChI is InChI=1S/C27H27N3O4/c1-4-5-15-33-24-14-13-22(32-3)17-23(24)28-25(31)19-9-11-20(12-10-19)26-29-30-27(34-26)21-8-6-7-18(2)16-21/h6-14,16-17H,4-5,15H2,1-3H3,(H,28,31). The van der Waals surface area contributed by atoms with Gasteiger partial charge in [0.15, 0.2) is 0 Å². The molecule has 0 aliphatic rings. The molecule has 3 aromatic carbocycles. The normalized spacial score (nSPS) is 10.7. The van der Waals surface area contributed by atoms with Gasteiger partial charge in [0.05, 0.1) is 19.4 Å². The van der Waals surface area contributed by atoms with Gasteiger partial charge in [-0.2, -0.15) is 0 Å². The molecule has 0 saturated heterocycles. The number of unbranched alkanes of at least 4 members (excludes halogenated alkanes) is 1. The minimum atomic E-state index is -0.258. The number of aryl methyl sites for hydroxylation is 1. The van der Waals surface area contributed by atoms with Crippen LogP contribution in [-0.4, -0.2) is 29.8 Å². The second kappa shape index (κ2) is 10.7. The van der Waals surface area contributed by atoms with E-state index in [0.29, 0.717) is 41.1 Å². The maximum atomic E-state index is 12.9. The van der Waals surface area contributed by atoms with E-state index in [4.69, 9.17) is 13.9 Å². The molecule has 0 unspecified atom stereocenters. The average molecular weight is 458 g/mol. The molecule has 0 atom stereocenters. The lowest BCUT2D eigenvalue weighted by atomic mass is 10.1. The van der Waals surface area contributed by atoms with Gasteiger partial charge in [0.2, 0.25) is 11.8 Å². The average Bonchev–Trinajstić information content (AvgIpc) is 3.35. The fourth-order valence-corrected chi connectivity index (χ4v) is 3.38. The third-order valence-corrected chi connectivity index (χ3v) is 5.27. The van der Waals surface area contributed by atoms with E-state index in [-0.39, 0.29) is 5.91 Å². The number of nitrogens with zero attached hydrogens (tertiary/aromatic N) is 2. The molecule has 1 heterocycles. The van der Waals surface area contributed by atoms with Crippen LogP contribution in [-0.2, 0) is 0 Å². The monoisotopic (exact) mass is 457 g/mol. The lowest BCUT2D eigenvalue weighted by molar-refractivity contribution is 0.102. The quantitative estimate of drug-likeness (QED) is 0.303. The SMILES string of the molecule is CCCCOc1ccc(OC)cc1NC(=O)c1ccc(-c2nnc(-c3cccc(C)c3)o2)cc1. The molecule has 0 fully saturated rings. The minimum Gasteiger partial charge on any atom is -0.497 e. The van der Waals surface area contributed by atoms with E-state index in [1.807, 2.05) is 31.2 Å². The number of carbonyl (C=O) groups excluding carboxylic acids is 1. The Labute approximate surface area is 198 Å². The number of amides is 1. The first-order valence-corrected chi connectivity index (χ1v) is 11.2. The van der Waals surface area contributed by atoms with Crippen molar-refractivity contribution in [3.8, 4) is 34.4 Å². The molecule has 1 amide bonds. The Morgan fingerprint density at radius 2 is 1.74 bits per heavy atom. The maximum absolute atomic E-state index is 12.9. The fraction of sp³-hybridized carbons (Fsp3) is 0.222. The van der Waals surface area contributed by atoms with Gasteiger partial charge in [-0.1, -0.05) is 31.0 Å². The third kappa shape index (κ3) is 5.43. The number of benzene rings is 3. The smallest absolute Gasteiger partial charge is 0.255 e. The molecule has 4 aromatic rings. The summed E-state index contributed by atoms with van der Waals surface area (Å²) in [5.74, 6) is 1.83. The number of hydrogen-bond donors (Lipinski definition) is 1. The number of ether oxygens (including phenoxy) is 2. The third-order valence-electron chi connectivity index (χ3n) is 5.27. The first-order valence-electron chi connectivity index (χ1n) is 11.2. The van der Waals surface area contributed by atoms with Gasteiger partial charge in [-0.15, -0.1) is 10.2 Å². The summed E-state index contributed by atoms with van der Waals surface area (Å²) in [5.41, 5.74) is 3.76. The van der Waals surface area contributed by atoms with E-state index in [1.165, 1.54) is 0 Å². The van der Waals surface area contributed by atoms with Crippen LogP contribution in [0.4, 0.5) is 5.69 Å². The Hall–Kier alpha value is -4.13. The lowest BCUT2D eigenvalue weighted by Gasteiger charge is -2.14. The molecule has 0 bridgehead atoms. The summed E-state index contributed by atoms with van der Waals surface area (Å²) >= 11 is 0. The fourth-order valence-electron chi connectivity index (χ4n) is 3.38. The zero-order chi connectivity index (χ0) is 23.9. The summed E-state index contributed by atoms with van der Waals surface area (Å²) in [6.45, 7) is 4.69. The van der Waals surface area contributed by atoms with E-state index in [9.17, 15) is 4.79 Å². The summed E-state index contributed by atoms with van der Waals surface area (Å²) in [7, 11) is 1.58. The number of anilines is 1. The van der Waals surface area contributed by atoms with Gasteiger partial charge in [0, 0.05) is 22.8 Å². The van der Waals surface area contributed by atoms with Gasteiger partial charge in [-0.25, -0.2) is 0 Å². The second-order valence-electron chi connectivity index (χ2n) is 7.88. The highest BCUT2D eigenvalue weighted by Gasteiger charge is 2.14. The molecule has 0 aliphatic heterocycles. The van der Waals surface area contributed by atoms with Gasteiger partial charge in [-0.05, 0) is 61.9 Å². The lowest BCUT2D eigenvalue weighted by Crippen LogP contribution is -2.13. The molecule has 0 aliphatic carbocycles. The van der Waals surface area contributed by atoms with Crippen molar-refractivity contribution in [2.75, 3.05) is 19.0 Å². The van der Waals surface area contributed by atoms with E-state index in [0.717, 1.165) is 29.5 Å². The second-order valence-corrected chi connectivity index (χ2v) is 7.88. The van der Waals surface area contributed by atoms with Crippen LogP contribution < -0.4 is 14.8 Å². The predicted octanol–water partition coefficient (Wildman–Crippen LogP) is 6.15. The molecule has 34 heavy (non-hydrogen) atoms. The highest BCUT2D eigenvalue weighted by Crippen LogP contribution is 2.30. The largest absolute Gasteiger partial charge is 0.497 e. The molecule has 1 N–H and O–H groups in total. The first kappa shape index (κ1) is 23.0. The van der Waals surface area contributed by atoms with Crippen LogP contribution in [0, 0.1) is 6.92 Å². The van der Waals surface area contributed by atoms with Gasteiger partial charge < -0.3 is 19.2 Å². The maximum Gasteiger partial charge on any atom is 0.255 e. The minimum absolute atomic E-state index is 0.258. The molecular weight excluding hydrogens is 430 g/mol. The molecule has 7 heteroatoms. The van der Waals surface area contributed by atoms with Crippen molar-refractivity contribution in [1.82, 2.24) is 10.2 Å². The van der Waals surface area contributed by atoms with Crippen LogP contribution in [0.1, 0.15) is 35.7 Å². The van der Waals surface area contributed by atoms with Crippen molar-refractivity contribution in [2.24, 2.45) is 0 Å². The number of hydrogen-bond acceptors (Lipinski definition) is 6. The molecular formula is C27H27N3O4. The summed E-state index contributed by atoms with van der Waals surface area (Å²) < 4.78 is 17.0. The predicted molar refractivity (Wildman–Crippen MR) is 131 cm³/mol. The molecule has 4 rings (SSSR count). The zero-order valence-electron chi connectivity index (χ0n) is 19.5. The zero-order valence-corrected chi connectivity index (χ0v) is 19.5. The van der Waals surface area contributed by atoms with Crippen LogP contribution >= 0.6 is 0 Å². The van der Waals surface area contributed by atoms with E-state index in [1.54, 1.807) is 49.6 Å². The Kier molecular flexibility index (Phi) is 7.22. The molecule has 0 saturated carbocycles. The molecule has 0 radical (unpaired) electrons. The van der Waals surface area contributed by atoms with Crippen molar-refractivity contribution >= 4 is 11.6 Å². The van der Waals surface area contributed by atoms with Crippen molar-refractivity contribution in [2.45, 2.75) is 26.7 Å². The number of rotatable bonds is 9. The summed E-state index contributed by atoms with van der Waals surface area (Å²) in [5, 5.41) is 11.2. The number of nitrogens with one attached hydrogen (secondary N) is 1. The summed E-state index contributed by atoms with van der Waals surface area (Å²) in [6, 6.07) is 20.2. The van der Waals surface area contributed by atoms with Gasteiger partial charge in [0.1, 0.15) is 11.5 Å². The van der Waals surface area contributed by atoms with Gasteiger partial charge >= 0.3 is 0 Å². The molecule has 1 aromatic heterocycles. The number of carbonyl (C=O) groups is 1. The molecule has 174 valence electrons. The van der Waals surface area contributed by atoms with Gasteiger partial charge in [0.25, 0.3) is 5.91 Å². The van der Waals surface area contributed by atoms with Crippen molar-refractivity contribution in [3.63, 3.8) is 0 Å². The van der Waals surface area contributed by atoms with Crippen LogP contribution in [0.25, 0.3) is 22.9 Å².